The highest BCUT2D eigenvalue weighted by Gasteiger charge is 2.22. The van der Waals surface area contributed by atoms with Crippen LogP contribution < -0.4 is 4.18 Å². The van der Waals surface area contributed by atoms with Crippen molar-refractivity contribution in [2.24, 2.45) is 0 Å². The highest BCUT2D eigenvalue weighted by Crippen LogP contribution is 2.23. The van der Waals surface area contributed by atoms with Gasteiger partial charge in [0, 0.05) is 18.2 Å². The molecule has 4 aromatic carbocycles. The summed E-state index contributed by atoms with van der Waals surface area (Å²) in [5.41, 5.74) is 1.46. The number of carbonyl (C=O) groups is 1. The van der Waals surface area contributed by atoms with Gasteiger partial charge in [-0.1, -0.05) is 49.4 Å². The molecular weight excluding hydrogens is 465 g/mol. The number of carbonyl (C=O) groups excluding carboxylic acids is 1. The Bertz CT molecular complexity index is 1430. The van der Waals surface area contributed by atoms with Crippen LogP contribution in [0.15, 0.2) is 95.9 Å². The fraction of sp³-hybridized carbons (Fsp3) is 0.179. The second-order valence-corrected chi connectivity index (χ2v) is 9.93. The van der Waals surface area contributed by atoms with Gasteiger partial charge < -0.3 is 9.08 Å². The van der Waals surface area contributed by atoms with Gasteiger partial charge in [0.2, 0.25) is 0 Å². The number of hydrogen-bond acceptors (Lipinski definition) is 4. The summed E-state index contributed by atoms with van der Waals surface area (Å²) in [6.07, 6.45) is 0.788. The zero-order valence-electron chi connectivity index (χ0n) is 19.5. The molecule has 0 N–H and O–H groups in total. The van der Waals surface area contributed by atoms with Gasteiger partial charge in [0.1, 0.15) is 16.5 Å². The van der Waals surface area contributed by atoms with E-state index in [0.717, 1.165) is 47.0 Å². The highest BCUT2D eigenvalue weighted by molar-refractivity contribution is 7.87. The molecule has 7 heteroatoms. The lowest BCUT2D eigenvalue weighted by atomic mass is 10.0. The Labute approximate surface area is 204 Å². The van der Waals surface area contributed by atoms with E-state index in [9.17, 15) is 17.6 Å². The normalized spacial score (nSPS) is 12.3. The number of fused-ring (bicyclic) bond motifs is 1. The number of halogens is 1. The molecule has 0 aliphatic heterocycles. The van der Waals surface area contributed by atoms with Gasteiger partial charge in [-0.2, -0.15) is 8.42 Å². The fourth-order valence-electron chi connectivity index (χ4n) is 3.76. The average molecular weight is 492 g/mol. The molecule has 1 amide bonds. The van der Waals surface area contributed by atoms with Crippen LogP contribution in [-0.2, 0) is 16.7 Å². The van der Waals surface area contributed by atoms with E-state index in [1.54, 1.807) is 24.3 Å². The molecule has 0 fully saturated rings. The number of hydrogen-bond donors (Lipinski definition) is 0. The fourth-order valence-corrected chi connectivity index (χ4v) is 4.69. The number of rotatable bonds is 8. The first-order chi connectivity index (χ1) is 16.8. The van der Waals surface area contributed by atoms with E-state index >= 15 is 0 Å². The van der Waals surface area contributed by atoms with Crippen molar-refractivity contribution in [2.75, 3.05) is 0 Å². The largest absolute Gasteiger partial charge is 0.379 e. The van der Waals surface area contributed by atoms with Crippen LogP contribution in [0.4, 0.5) is 4.39 Å². The van der Waals surface area contributed by atoms with Crippen LogP contribution in [0.25, 0.3) is 10.8 Å². The lowest BCUT2D eigenvalue weighted by Gasteiger charge is -2.29. The van der Waals surface area contributed by atoms with Gasteiger partial charge in [-0.3, -0.25) is 4.79 Å². The first-order valence-electron chi connectivity index (χ1n) is 11.4. The Morgan fingerprint density at radius 3 is 2.23 bits per heavy atom. The summed E-state index contributed by atoms with van der Waals surface area (Å²) >= 11 is 0. The minimum Gasteiger partial charge on any atom is -0.379 e. The van der Waals surface area contributed by atoms with Crippen molar-refractivity contribution >= 4 is 26.8 Å². The molecule has 0 radical (unpaired) electrons. The molecule has 0 aromatic heterocycles. The van der Waals surface area contributed by atoms with Crippen LogP contribution in [0, 0.1) is 5.82 Å². The van der Waals surface area contributed by atoms with E-state index in [4.69, 9.17) is 4.18 Å². The summed E-state index contributed by atoms with van der Waals surface area (Å²) in [7, 11) is -4.08. The van der Waals surface area contributed by atoms with Gasteiger partial charge in [-0.05, 0) is 78.2 Å². The minimum atomic E-state index is -4.08. The predicted octanol–water partition coefficient (Wildman–Crippen LogP) is 6.19. The monoisotopic (exact) mass is 491 g/mol. The van der Waals surface area contributed by atoms with Gasteiger partial charge in [0.25, 0.3) is 5.91 Å². The molecule has 0 aliphatic rings. The molecule has 0 bridgehead atoms. The van der Waals surface area contributed by atoms with Crippen LogP contribution >= 0.6 is 0 Å². The van der Waals surface area contributed by atoms with Crippen molar-refractivity contribution in [3.63, 3.8) is 0 Å². The van der Waals surface area contributed by atoms with Crippen molar-refractivity contribution in [2.45, 2.75) is 37.8 Å². The van der Waals surface area contributed by atoms with E-state index in [1.165, 1.54) is 0 Å². The summed E-state index contributed by atoms with van der Waals surface area (Å²) in [5.74, 6) is -0.462. The maximum atomic E-state index is 13.4. The maximum absolute atomic E-state index is 13.4. The lowest BCUT2D eigenvalue weighted by Crippen LogP contribution is -2.37. The van der Waals surface area contributed by atoms with E-state index in [2.05, 4.69) is 0 Å². The van der Waals surface area contributed by atoms with Crippen LogP contribution in [0.1, 0.15) is 36.2 Å². The standard InChI is InChI=1S/C28H26FNO4S/c1-3-20(2)30(28(31)24-11-10-22-6-4-5-7-23(22)18-24)19-21-8-14-26(15-9-21)34-35(32,33)27-16-12-25(29)13-17-27/h4-18,20H,3,19H2,1-2H3. The summed E-state index contributed by atoms with van der Waals surface area (Å²) < 4.78 is 43.2. The maximum Gasteiger partial charge on any atom is 0.339 e. The Hall–Kier alpha value is -3.71. The van der Waals surface area contributed by atoms with Crippen molar-refractivity contribution in [1.29, 1.82) is 0 Å². The minimum absolute atomic E-state index is 0.00347. The molecule has 4 rings (SSSR count). The molecule has 4 aromatic rings. The van der Waals surface area contributed by atoms with Crippen molar-refractivity contribution in [1.82, 2.24) is 4.90 Å². The Morgan fingerprint density at radius 1 is 0.914 bits per heavy atom. The smallest absolute Gasteiger partial charge is 0.339 e. The molecule has 5 nitrogen and oxygen atoms in total. The third-order valence-corrected chi connectivity index (χ3v) is 7.23. The first-order valence-corrected chi connectivity index (χ1v) is 12.8. The van der Waals surface area contributed by atoms with E-state index in [0.29, 0.717) is 12.1 Å². The molecule has 0 heterocycles. The van der Waals surface area contributed by atoms with Crippen LogP contribution in [0.3, 0.4) is 0 Å². The number of benzene rings is 4. The van der Waals surface area contributed by atoms with E-state index in [-0.39, 0.29) is 22.6 Å². The Kier molecular flexibility index (Phi) is 7.17. The third-order valence-electron chi connectivity index (χ3n) is 5.96. The van der Waals surface area contributed by atoms with Crippen LogP contribution in [0.5, 0.6) is 5.75 Å². The third kappa shape index (κ3) is 5.69. The van der Waals surface area contributed by atoms with Crippen molar-refractivity contribution in [3.05, 3.63) is 108 Å². The summed E-state index contributed by atoms with van der Waals surface area (Å²) in [6.45, 7) is 4.40. The molecule has 1 unspecified atom stereocenters. The van der Waals surface area contributed by atoms with Gasteiger partial charge in [0.05, 0.1) is 0 Å². The molecule has 1 atom stereocenters. The Morgan fingerprint density at radius 2 is 1.57 bits per heavy atom. The molecular formula is C28H26FNO4S. The molecule has 0 spiro atoms. The predicted molar refractivity (Wildman–Crippen MR) is 134 cm³/mol. The quantitative estimate of drug-likeness (QED) is 0.276. The highest BCUT2D eigenvalue weighted by atomic mass is 32.2. The van der Waals surface area contributed by atoms with Crippen molar-refractivity contribution < 1.29 is 21.8 Å². The summed E-state index contributed by atoms with van der Waals surface area (Å²) in [6, 6.07) is 24.6. The zero-order valence-corrected chi connectivity index (χ0v) is 20.3. The van der Waals surface area contributed by atoms with Gasteiger partial charge in [0.15, 0.2) is 0 Å². The number of amides is 1. The van der Waals surface area contributed by atoms with E-state index < -0.39 is 15.9 Å². The van der Waals surface area contributed by atoms with Gasteiger partial charge in [-0.25, -0.2) is 4.39 Å². The van der Waals surface area contributed by atoms with Gasteiger partial charge in [-0.15, -0.1) is 0 Å². The van der Waals surface area contributed by atoms with Gasteiger partial charge >= 0.3 is 10.1 Å². The van der Waals surface area contributed by atoms with E-state index in [1.807, 2.05) is 61.2 Å². The second-order valence-electron chi connectivity index (χ2n) is 8.39. The SMILES string of the molecule is CCC(C)N(Cc1ccc(OS(=O)(=O)c2ccc(F)cc2)cc1)C(=O)c1ccc2ccccc2c1. The molecule has 180 valence electrons. The molecule has 0 aliphatic carbocycles. The lowest BCUT2D eigenvalue weighted by molar-refractivity contribution is 0.0671. The second kappa shape index (κ2) is 10.3. The molecule has 0 saturated carbocycles. The summed E-state index contributed by atoms with van der Waals surface area (Å²) in [5, 5.41) is 2.08. The number of nitrogens with zero attached hydrogens (tertiary/aromatic N) is 1. The topological polar surface area (TPSA) is 63.7 Å². The zero-order chi connectivity index (χ0) is 25.0. The average Bonchev–Trinajstić information content (AvgIpc) is 2.87. The molecule has 35 heavy (non-hydrogen) atoms. The summed E-state index contributed by atoms with van der Waals surface area (Å²) in [4.78, 5) is 15.1. The Balaban J connectivity index is 1.52. The van der Waals surface area contributed by atoms with Crippen molar-refractivity contribution in [3.8, 4) is 5.75 Å². The van der Waals surface area contributed by atoms with Crippen LogP contribution in [0.2, 0.25) is 0 Å². The van der Waals surface area contributed by atoms with Crippen LogP contribution in [-0.4, -0.2) is 25.3 Å². The first kappa shape index (κ1) is 24.4. The molecule has 0 saturated heterocycles.